The smallest absolute Gasteiger partial charge is 0.309 e. The summed E-state index contributed by atoms with van der Waals surface area (Å²) in [5.41, 5.74) is 1.73. The van der Waals surface area contributed by atoms with Gasteiger partial charge in [-0.1, -0.05) is 12.1 Å². The number of aliphatic imine (C=N–C) groups is 1. The van der Waals surface area contributed by atoms with Crippen molar-refractivity contribution in [3.8, 4) is 0 Å². The number of hydrogen-bond acceptors (Lipinski definition) is 5. The lowest BCUT2D eigenvalue weighted by Crippen LogP contribution is -2.46. The van der Waals surface area contributed by atoms with Crippen LogP contribution in [0.3, 0.4) is 0 Å². The molecule has 166 valence electrons. The number of nitrogens with one attached hydrogen (secondary N) is 2. The zero-order valence-electron chi connectivity index (χ0n) is 18.1. The van der Waals surface area contributed by atoms with Crippen LogP contribution in [-0.4, -0.2) is 49.0 Å². The molecule has 2 aromatic rings. The van der Waals surface area contributed by atoms with E-state index >= 15 is 0 Å². The summed E-state index contributed by atoms with van der Waals surface area (Å²) >= 11 is 0. The quantitative estimate of drug-likeness (QED) is 0.401. The van der Waals surface area contributed by atoms with Gasteiger partial charge in [0.05, 0.1) is 25.3 Å². The zero-order valence-corrected chi connectivity index (χ0v) is 18.1. The molecule has 0 spiro atoms. The first kappa shape index (κ1) is 22.4. The lowest BCUT2D eigenvalue weighted by atomic mass is 9.97. The van der Waals surface area contributed by atoms with Crippen LogP contribution in [0.1, 0.15) is 42.8 Å². The van der Waals surface area contributed by atoms with Crippen LogP contribution in [0.5, 0.6) is 0 Å². The summed E-state index contributed by atoms with van der Waals surface area (Å²) in [4.78, 5) is 31.0. The molecule has 1 amide bonds. The largest absolute Gasteiger partial charge is 0.466 e. The van der Waals surface area contributed by atoms with Gasteiger partial charge in [-0.15, -0.1) is 0 Å². The predicted octanol–water partition coefficient (Wildman–Crippen LogP) is 3.27. The number of carbonyl (C=O) groups excluding carboxylic acids is 2. The van der Waals surface area contributed by atoms with Crippen molar-refractivity contribution in [1.82, 2.24) is 10.2 Å². The molecule has 0 atom stereocenters. The minimum atomic E-state index is -0.281. The van der Waals surface area contributed by atoms with Gasteiger partial charge < -0.3 is 24.7 Å². The standard InChI is InChI=1S/C23H30N4O4/c1-3-24-23(27-13-11-18(12-14-27)22(29)30-4-2)25-16-17-7-9-19(10-8-17)26-21(28)20-6-5-15-31-20/h5-10,15,18H,3-4,11-14,16H2,1-2H3,(H,24,25)(H,26,28). The molecular formula is C23H30N4O4. The number of piperidine rings is 1. The second-order valence-electron chi connectivity index (χ2n) is 7.31. The molecule has 3 rings (SSSR count). The van der Waals surface area contributed by atoms with Crippen LogP contribution in [0.4, 0.5) is 5.69 Å². The zero-order chi connectivity index (χ0) is 22.1. The second-order valence-corrected chi connectivity index (χ2v) is 7.31. The van der Waals surface area contributed by atoms with Gasteiger partial charge >= 0.3 is 5.97 Å². The fourth-order valence-electron chi connectivity index (χ4n) is 3.47. The molecule has 0 bridgehead atoms. The van der Waals surface area contributed by atoms with Crippen molar-refractivity contribution in [2.45, 2.75) is 33.2 Å². The number of anilines is 1. The first-order chi connectivity index (χ1) is 15.1. The molecule has 2 N–H and O–H groups in total. The maximum Gasteiger partial charge on any atom is 0.309 e. The first-order valence-electron chi connectivity index (χ1n) is 10.7. The maximum atomic E-state index is 12.1. The number of furan rings is 1. The highest BCUT2D eigenvalue weighted by molar-refractivity contribution is 6.02. The molecular weight excluding hydrogens is 396 g/mol. The molecule has 1 aromatic heterocycles. The molecule has 1 fully saturated rings. The van der Waals surface area contributed by atoms with E-state index in [-0.39, 0.29) is 23.6 Å². The highest BCUT2D eigenvalue weighted by atomic mass is 16.5. The molecule has 2 heterocycles. The Hall–Kier alpha value is -3.29. The average Bonchev–Trinajstić information content (AvgIpc) is 3.33. The molecule has 1 saturated heterocycles. The van der Waals surface area contributed by atoms with Gasteiger partial charge in [-0.05, 0) is 56.5 Å². The summed E-state index contributed by atoms with van der Waals surface area (Å²) in [5, 5.41) is 6.14. The Bertz CT molecular complexity index is 869. The van der Waals surface area contributed by atoms with Gasteiger partial charge in [-0.25, -0.2) is 4.99 Å². The van der Waals surface area contributed by atoms with Crippen LogP contribution in [0, 0.1) is 5.92 Å². The fourth-order valence-corrected chi connectivity index (χ4v) is 3.47. The van der Waals surface area contributed by atoms with E-state index in [0.29, 0.717) is 18.8 Å². The Morgan fingerprint density at radius 2 is 1.90 bits per heavy atom. The Morgan fingerprint density at radius 1 is 1.16 bits per heavy atom. The van der Waals surface area contributed by atoms with E-state index in [1.165, 1.54) is 6.26 Å². The van der Waals surface area contributed by atoms with E-state index in [4.69, 9.17) is 14.1 Å². The molecule has 8 nitrogen and oxygen atoms in total. The number of nitrogens with zero attached hydrogens (tertiary/aromatic N) is 2. The van der Waals surface area contributed by atoms with E-state index in [0.717, 1.165) is 44.0 Å². The van der Waals surface area contributed by atoms with Gasteiger partial charge in [0.2, 0.25) is 0 Å². The van der Waals surface area contributed by atoms with Crippen molar-refractivity contribution in [2.75, 3.05) is 31.6 Å². The number of amides is 1. The number of guanidine groups is 1. The molecule has 0 radical (unpaired) electrons. The van der Waals surface area contributed by atoms with Gasteiger partial charge in [0.15, 0.2) is 11.7 Å². The summed E-state index contributed by atoms with van der Waals surface area (Å²) in [6.45, 7) is 7.13. The average molecular weight is 427 g/mol. The van der Waals surface area contributed by atoms with Crippen molar-refractivity contribution in [3.05, 3.63) is 54.0 Å². The molecule has 0 aliphatic carbocycles. The fraction of sp³-hybridized carbons (Fsp3) is 0.435. The summed E-state index contributed by atoms with van der Waals surface area (Å²) in [6.07, 6.45) is 3.01. The van der Waals surface area contributed by atoms with Crippen LogP contribution in [0.25, 0.3) is 0 Å². The third-order valence-electron chi connectivity index (χ3n) is 5.12. The van der Waals surface area contributed by atoms with E-state index in [1.807, 2.05) is 38.1 Å². The van der Waals surface area contributed by atoms with E-state index < -0.39 is 0 Å². The maximum absolute atomic E-state index is 12.1. The van der Waals surface area contributed by atoms with Crippen LogP contribution >= 0.6 is 0 Å². The lowest BCUT2D eigenvalue weighted by molar-refractivity contribution is -0.149. The van der Waals surface area contributed by atoms with Gasteiger partial charge in [-0.3, -0.25) is 9.59 Å². The molecule has 0 unspecified atom stereocenters. The highest BCUT2D eigenvalue weighted by Crippen LogP contribution is 2.19. The van der Waals surface area contributed by atoms with Gasteiger partial charge in [0.25, 0.3) is 5.91 Å². The minimum absolute atomic E-state index is 0.0250. The van der Waals surface area contributed by atoms with Gasteiger partial charge in [0, 0.05) is 25.3 Å². The number of esters is 1. The summed E-state index contributed by atoms with van der Waals surface area (Å²) < 4.78 is 10.3. The minimum Gasteiger partial charge on any atom is -0.466 e. The molecule has 8 heteroatoms. The molecule has 0 saturated carbocycles. The van der Waals surface area contributed by atoms with Crippen LogP contribution in [0.15, 0.2) is 52.1 Å². The number of benzene rings is 1. The topological polar surface area (TPSA) is 96.2 Å². The van der Waals surface area contributed by atoms with Gasteiger partial charge in [0.1, 0.15) is 0 Å². The van der Waals surface area contributed by atoms with Crippen LogP contribution in [-0.2, 0) is 16.1 Å². The van der Waals surface area contributed by atoms with Crippen molar-refractivity contribution in [2.24, 2.45) is 10.9 Å². The second kappa shape index (κ2) is 11.2. The van der Waals surface area contributed by atoms with Crippen molar-refractivity contribution in [3.63, 3.8) is 0 Å². The summed E-state index contributed by atoms with van der Waals surface area (Å²) in [7, 11) is 0. The molecule has 1 aliphatic rings. The van der Waals surface area contributed by atoms with Gasteiger partial charge in [-0.2, -0.15) is 0 Å². The third-order valence-corrected chi connectivity index (χ3v) is 5.12. The number of carbonyl (C=O) groups is 2. The molecule has 31 heavy (non-hydrogen) atoms. The number of likely N-dealkylation sites (tertiary alicyclic amines) is 1. The monoisotopic (exact) mass is 426 g/mol. The normalized spacial score (nSPS) is 14.9. The number of ether oxygens (including phenoxy) is 1. The first-order valence-corrected chi connectivity index (χ1v) is 10.7. The van der Waals surface area contributed by atoms with Crippen molar-refractivity contribution >= 4 is 23.5 Å². The Balaban J connectivity index is 1.55. The van der Waals surface area contributed by atoms with Crippen LogP contribution in [0.2, 0.25) is 0 Å². The van der Waals surface area contributed by atoms with Crippen molar-refractivity contribution < 1.29 is 18.7 Å². The number of rotatable bonds is 7. The number of hydrogen-bond donors (Lipinski definition) is 2. The molecule has 1 aliphatic heterocycles. The Labute approximate surface area is 182 Å². The van der Waals surface area contributed by atoms with E-state index in [2.05, 4.69) is 15.5 Å². The van der Waals surface area contributed by atoms with Crippen LogP contribution < -0.4 is 10.6 Å². The Morgan fingerprint density at radius 3 is 2.52 bits per heavy atom. The summed E-state index contributed by atoms with van der Waals surface area (Å²) in [5.74, 6) is 0.721. The summed E-state index contributed by atoms with van der Waals surface area (Å²) in [6, 6.07) is 10.9. The lowest BCUT2D eigenvalue weighted by Gasteiger charge is -2.33. The van der Waals surface area contributed by atoms with E-state index in [9.17, 15) is 9.59 Å². The predicted molar refractivity (Wildman–Crippen MR) is 119 cm³/mol. The van der Waals surface area contributed by atoms with E-state index in [1.54, 1.807) is 12.1 Å². The third kappa shape index (κ3) is 6.34. The van der Waals surface area contributed by atoms with Crippen molar-refractivity contribution in [1.29, 1.82) is 0 Å². The SMILES string of the molecule is CCNC(=NCc1ccc(NC(=O)c2ccco2)cc1)N1CCC(C(=O)OCC)CC1. The Kier molecular flexibility index (Phi) is 8.09. The highest BCUT2D eigenvalue weighted by Gasteiger charge is 2.27. The molecule has 1 aromatic carbocycles.